The summed E-state index contributed by atoms with van der Waals surface area (Å²) in [6.45, 7) is 0.217. The number of carbonyl (C=O) groups is 2. The van der Waals surface area contributed by atoms with Gasteiger partial charge in [0.25, 0.3) is 11.8 Å². The second-order valence-corrected chi connectivity index (χ2v) is 16.0. The first-order chi connectivity index (χ1) is 25.6. The third-order valence-corrected chi connectivity index (χ3v) is 10.5. The summed E-state index contributed by atoms with van der Waals surface area (Å²) in [5.41, 5.74) is 3.04. The maximum Gasteiger partial charge on any atom is 0.277 e. The van der Waals surface area contributed by atoms with E-state index in [0.717, 1.165) is 44.2 Å². The summed E-state index contributed by atoms with van der Waals surface area (Å²) in [6.07, 6.45) is 3.41. The fourth-order valence-corrected chi connectivity index (χ4v) is 6.62. The van der Waals surface area contributed by atoms with Crippen molar-refractivity contribution >= 4 is 103 Å². The van der Waals surface area contributed by atoms with Gasteiger partial charge in [0.15, 0.2) is 23.3 Å². The Morgan fingerprint density at radius 2 is 1.19 bits per heavy atom. The highest BCUT2D eigenvalue weighted by atomic mass is 127. The van der Waals surface area contributed by atoms with Crippen LogP contribution in [0.4, 0.5) is 40.3 Å². The van der Waals surface area contributed by atoms with Crippen molar-refractivity contribution in [2.45, 2.75) is 37.7 Å². The molecule has 0 radical (unpaired) electrons. The van der Waals surface area contributed by atoms with Gasteiger partial charge >= 0.3 is 0 Å². The summed E-state index contributed by atoms with van der Waals surface area (Å²) in [5, 5.41) is 24.9. The highest BCUT2D eigenvalue weighted by Crippen LogP contribution is 2.45. The number of aliphatic hydroxyl groups excluding tert-OH is 1. The van der Waals surface area contributed by atoms with Crippen molar-refractivity contribution < 1.29 is 47.0 Å². The van der Waals surface area contributed by atoms with Crippen LogP contribution in [0.2, 0.25) is 10.0 Å². The first-order valence-electron chi connectivity index (χ1n) is 16.2. The number of hydrogen-bond donors (Lipinski definition) is 6. The molecule has 0 heterocycles. The van der Waals surface area contributed by atoms with Crippen LogP contribution in [0.5, 0.6) is 0 Å². The number of rotatable bonds is 14. The van der Waals surface area contributed by atoms with Crippen molar-refractivity contribution in [2.24, 2.45) is 5.41 Å². The second kappa shape index (κ2) is 18.3. The van der Waals surface area contributed by atoms with Crippen LogP contribution in [0.25, 0.3) is 0 Å². The molecule has 4 aromatic rings. The van der Waals surface area contributed by atoms with Gasteiger partial charge in [0, 0.05) is 19.0 Å². The number of hydroxylamine groups is 2. The van der Waals surface area contributed by atoms with Gasteiger partial charge in [0.1, 0.15) is 0 Å². The largest absolute Gasteiger partial charge is 0.396 e. The maximum absolute atomic E-state index is 14.4. The minimum Gasteiger partial charge on any atom is -0.396 e. The zero-order valence-corrected chi connectivity index (χ0v) is 33.8. The van der Waals surface area contributed by atoms with Gasteiger partial charge in [-0.1, -0.05) is 23.2 Å². The molecule has 54 heavy (non-hydrogen) atoms. The van der Waals surface area contributed by atoms with E-state index in [-0.39, 0.29) is 47.7 Å². The number of anilines is 4. The molecule has 0 bridgehead atoms. The number of hydrogen-bond acceptors (Lipinski definition) is 8. The molecule has 0 spiro atoms. The number of amides is 2. The summed E-state index contributed by atoms with van der Waals surface area (Å²) < 4.78 is 57.8. The zero-order chi connectivity index (χ0) is 39.2. The number of aliphatic hydroxyl groups is 2. The lowest BCUT2D eigenvalue weighted by molar-refractivity contribution is -0.0000412. The van der Waals surface area contributed by atoms with Gasteiger partial charge < -0.3 is 20.8 Å². The Morgan fingerprint density at radius 3 is 1.59 bits per heavy atom. The predicted molar refractivity (Wildman–Crippen MR) is 212 cm³/mol. The molecule has 2 aliphatic carbocycles. The van der Waals surface area contributed by atoms with Crippen LogP contribution in [0.3, 0.4) is 0 Å². The van der Waals surface area contributed by atoms with Gasteiger partial charge in [-0.3, -0.25) is 19.3 Å². The first kappa shape index (κ1) is 42.2. The van der Waals surface area contributed by atoms with E-state index in [2.05, 4.69) is 66.8 Å². The number of benzene rings is 4. The molecule has 2 saturated carbocycles. The fourth-order valence-electron chi connectivity index (χ4n) is 4.82. The average molecular weight is 1020 g/mol. The summed E-state index contributed by atoms with van der Waals surface area (Å²) in [7, 11) is 0. The average Bonchev–Trinajstić information content (AvgIpc) is 4.07. The molecule has 4 aromatic carbocycles. The van der Waals surface area contributed by atoms with Crippen LogP contribution in [-0.2, 0) is 9.68 Å². The van der Waals surface area contributed by atoms with E-state index in [1.54, 1.807) is 36.4 Å². The van der Waals surface area contributed by atoms with Crippen molar-refractivity contribution in [3.63, 3.8) is 0 Å². The lowest BCUT2D eigenvalue weighted by Crippen LogP contribution is -2.29. The second-order valence-electron chi connectivity index (χ2n) is 12.7. The fraction of sp³-hybridized carbons (Fsp3) is 0.278. The lowest BCUT2D eigenvalue weighted by atomic mass is 10.1. The van der Waals surface area contributed by atoms with Gasteiger partial charge in [-0.05, 0) is 132 Å². The Morgan fingerprint density at radius 1 is 0.722 bits per heavy atom. The molecule has 10 nitrogen and oxygen atoms in total. The van der Waals surface area contributed by atoms with E-state index >= 15 is 0 Å². The molecule has 6 N–H and O–H groups in total. The Labute approximate surface area is 344 Å². The molecule has 0 atom stereocenters. The standard InChI is InChI=1S/2C18H16ClF2IN2O3/c19-12-7-10(22)1-4-14(12)23-16-11(2-3-13(20)15(16)21)17(26)24-27-9-18(8-25)5-6-18;19-12-9-10(22)1-4-14(12)23-16-11(2-3-13(20)15(16)21)17(25)24-27-8-7-18(26)5-6-18/h1-4,7,23,25H,5-6,8-9H2,(H,24,26);1-4,9,23,26H,5-8H2,(H,24,25). The van der Waals surface area contributed by atoms with Crippen LogP contribution in [0.1, 0.15) is 52.8 Å². The smallest absolute Gasteiger partial charge is 0.277 e. The van der Waals surface area contributed by atoms with Crippen LogP contribution in [0.15, 0.2) is 60.7 Å². The number of halogens is 8. The number of carbonyl (C=O) groups excluding carboxylic acids is 2. The van der Waals surface area contributed by atoms with E-state index in [1.807, 2.05) is 0 Å². The SMILES string of the molecule is O=C(NOCC1(CO)CC1)c1ccc(F)c(F)c1Nc1ccc(I)cc1Cl.O=C(NOCCC1(O)CC1)c1ccc(F)c(F)c1Nc1ccc(I)cc1Cl. The molecule has 288 valence electrons. The number of nitrogens with one attached hydrogen (secondary N) is 4. The third kappa shape index (κ3) is 11.1. The van der Waals surface area contributed by atoms with Gasteiger partial charge in [0.05, 0.1) is 69.3 Å². The molecule has 0 aromatic heterocycles. The minimum atomic E-state index is -1.20. The molecule has 2 amide bonds. The Balaban J connectivity index is 0.000000208. The van der Waals surface area contributed by atoms with Gasteiger partial charge in [-0.2, -0.15) is 0 Å². The summed E-state index contributed by atoms with van der Waals surface area (Å²) in [5.74, 6) is -6.11. The zero-order valence-electron chi connectivity index (χ0n) is 28.0. The van der Waals surface area contributed by atoms with E-state index < -0.39 is 40.7 Å². The lowest BCUT2D eigenvalue weighted by Gasteiger charge is -2.16. The normalized spacial score (nSPS) is 14.7. The van der Waals surface area contributed by atoms with Crippen molar-refractivity contribution in [1.82, 2.24) is 11.0 Å². The van der Waals surface area contributed by atoms with E-state index in [0.29, 0.717) is 40.7 Å². The molecule has 0 saturated heterocycles. The van der Waals surface area contributed by atoms with Gasteiger partial charge in [0.2, 0.25) is 0 Å². The van der Waals surface area contributed by atoms with E-state index in [1.165, 1.54) is 0 Å². The molecule has 18 heteroatoms. The highest BCUT2D eigenvalue weighted by molar-refractivity contribution is 14.1. The maximum atomic E-state index is 14.4. The molecule has 6 rings (SSSR count). The molecule has 2 aliphatic rings. The summed E-state index contributed by atoms with van der Waals surface area (Å²) in [6, 6.07) is 14.0. The predicted octanol–water partition coefficient (Wildman–Crippen LogP) is 8.94. The van der Waals surface area contributed by atoms with Gasteiger partial charge in [-0.25, -0.2) is 28.5 Å². The first-order valence-corrected chi connectivity index (χ1v) is 19.1. The van der Waals surface area contributed by atoms with E-state index in [9.17, 15) is 37.4 Å². The van der Waals surface area contributed by atoms with Crippen LogP contribution in [-0.4, -0.2) is 47.4 Å². The topological polar surface area (TPSA) is 141 Å². The molecular weight excluding hydrogens is 985 g/mol. The van der Waals surface area contributed by atoms with Gasteiger partial charge in [-0.15, -0.1) is 0 Å². The van der Waals surface area contributed by atoms with Crippen molar-refractivity contribution in [3.8, 4) is 0 Å². The summed E-state index contributed by atoms with van der Waals surface area (Å²) >= 11 is 16.4. The molecule has 0 aliphatic heterocycles. The Bertz CT molecular complexity index is 2040. The molecular formula is C36H32Cl2F4I2N4O6. The monoisotopic (exact) mass is 1020 g/mol. The van der Waals surface area contributed by atoms with Crippen molar-refractivity contribution in [2.75, 3.05) is 30.5 Å². The van der Waals surface area contributed by atoms with Crippen LogP contribution >= 0.6 is 68.4 Å². The van der Waals surface area contributed by atoms with Crippen LogP contribution in [0, 0.1) is 35.8 Å². The molecule has 2 fully saturated rings. The Kier molecular flexibility index (Phi) is 14.3. The minimum absolute atomic E-state index is 0.0356. The van der Waals surface area contributed by atoms with E-state index in [4.69, 9.17) is 32.9 Å². The van der Waals surface area contributed by atoms with Crippen LogP contribution < -0.4 is 21.6 Å². The van der Waals surface area contributed by atoms with Crippen molar-refractivity contribution in [3.05, 3.63) is 112 Å². The quantitative estimate of drug-likeness (QED) is 0.0319. The Hall–Kier alpha value is -2.98. The van der Waals surface area contributed by atoms with Crippen molar-refractivity contribution in [1.29, 1.82) is 0 Å². The highest BCUT2D eigenvalue weighted by Gasteiger charge is 2.43. The molecule has 0 unspecified atom stereocenters. The third-order valence-electron chi connectivity index (χ3n) is 8.56. The summed E-state index contributed by atoms with van der Waals surface area (Å²) in [4.78, 5) is 34.9.